The van der Waals surface area contributed by atoms with Crippen molar-refractivity contribution in [3.05, 3.63) is 88.4 Å². The van der Waals surface area contributed by atoms with Crippen LogP contribution < -0.4 is 10.1 Å². The van der Waals surface area contributed by atoms with Crippen LogP contribution in [0.15, 0.2) is 76.3 Å². The summed E-state index contributed by atoms with van der Waals surface area (Å²) in [7, 11) is -3.54. The van der Waals surface area contributed by atoms with Gasteiger partial charge in [-0.2, -0.15) is 15.6 Å². The molecular weight excluding hydrogens is 611 g/mol. The van der Waals surface area contributed by atoms with E-state index in [0.29, 0.717) is 42.5 Å². The summed E-state index contributed by atoms with van der Waals surface area (Å²) in [6.45, 7) is 0.762. The number of aromatic nitrogens is 1. The highest BCUT2D eigenvalue weighted by Gasteiger charge is 2.30. The van der Waals surface area contributed by atoms with Crippen LogP contribution in [0, 0.1) is 5.92 Å². The molecule has 11 heteroatoms. The number of nitrogens with zero attached hydrogens (tertiary/aromatic N) is 2. The van der Waals surface area contributed by atoms with Gasteiger partial charge in [-0.1, -0.05) is 49.9 Å². The number of amides is 1. The van der Waals surface area contributed by atoms with Gasteiger partial charge in [0.1, 0.15) is 23.6 Å². The zero-order chi connectivity index (χ0) is 31.4. The van der Waals surface area contributed by atoms with Crippen molar-refractivity contribution >= 4 is 44.0 Å². The largest absolute Gasteiger partial charge is 0.490 e. The fourth-order valence-corrected chi connectivity index (χ4v) is 8.50. The summed E-state index contributed by atoms with van der Waals surface area (Å²) in [4.78, 5) is 30.4. The molecule has 2 aromatic carbocycles. The van der Waals surface area contributed by atoms with Gasteiger partial charge in [-0.3, -0.25) is 4.79 Å². The van der Waals surface area contributed by atoms with Gasteiger partial charge in [0, 0.05) is 30.6 Å². The molecule has 1 saturated carbocycles. The lowest BCUT2D eigenvalue weighted by atomic mass is 9.97. The van der Waals surface area contributed by atoms with E-state index in [1.54, 1.807) is 36.4 Å². The predicted octanol–water partition coefficient (Wildman–Crippen LogP) is 5.69. The van der Waals surface area contributed by atoms with E-state index in [1.165, 1.54) is 28.5 Å². The predicted molar refractivity (Wildman–Crippen MR) is 173 cm³/mol. The summed E-state index contributed by atoms with van der Waals surface area (Å²) in [5, 5.41) is 18.0. The Labute approximate surface area is 267 Å². The number of hydrogen-bond donors (Lipinski definition) is 2. The van der Waals surface area contributed by atoms with Gasteiger partial charge in [0.25, 0.3) is 5.91 Å². The van der Waals surface area contributed by atoms with Crippen LogP contribution in [-0.2, 0) is 27.7 Å². The van der Waals surface area contributed by atoms with Gasteiger partial charge in [0.05, 0.1) is 4.90 Å². The molecule has 45 heavy (non-hydrogen) atoms. The Bertz CT molecular complexity index is 1750. The molecule has 0 spiro atoms. The third-order valence-corrected chi connectivity index (χ3v) is 11.4. The highest BCUT2D eigenvalue weighted by atomic mass is 32.2. The first kappa shape index (κ1) is 31.2. The third-order valence-electron chi connectivity index (χ3n) is 8.78. The van der Waals surface area contributed by atoms with Gasteiger partial charge in [0.2, 0.25) is 10.0 Å². The number of carbonyl (C=O) groups excluding carboxylic acids is 1. The Morgan fingerprint density at radius 2 is 1.78 bits per heavy atom. The minimum Gasteiger partial charge on any atom is -0.490 e. The normalized spacial score (nSPS) is 17.3. The molecule has 236 valence electrons. The van der Waals surface area contributed by atoms with Crippen molar-refractivity contribution in [3.63, 3.8) is 0 Å². The second-order valence-electron chi connectivity index (χ2n) is 11.9. The number of fused-ring (bicyclic) bond motifs is 1. The lowest BCUT2D eigenvalue weighted by molar-refractivity contribution is -0.139. The number of nitrogens with one attached hydrogen (secondary N) is 1. The Morgan fingerprint density at radius 1 is 1.02 bits per heavy atom. The van der Waals surface area contributed by atoms with Gasteiger partial charge in [0.15, 0.2) is 0 Å². The molecule has 1 saturated heterocycles. The number of rotatable bonds is 11. The van der Waals surface area contributed by atoms with Crippen molar-refractivity contribution in [2.45, 2.75) is 68.4 Å². The van der Waals surface area contributed by atoms with Gasteiger partial charge < -0.3 is 15.2 Å². The van der Waals surface area contributed by atoms with Gasteiger partial charge in [-0.05, 0) is 83.3 Å². The Hall–Kier alpha value is -3.80. The molecule has 1 aliphatic heterocycles. The summed E-state index contributed by atoms with van der Waals surface area (Å²) < 4.78 is 34.0. The van der Waals surface area contributed by atoms with Crippen molar-refractivity contribution in [1.82, 2.24) is 14.6 Å². The molecular formula is C34H37N3O6S2. The van der Waals surface area contributed by atoms with Crippen LogP contribution in [-0.4, -0.2) is 59.9 Å². The number of benzene rings is 2. The lowest BCUT2D eigenvalue weighted by Crippen LogP contribution is -2.42. The summed E-state index contributed by atoms with van der Waals surface area (Å²) in [6, 6.07) is 16.8. The molecule has 2 N–H and O–H groups in total. The van der Waals surface area contributed by atoms with Crippen molar-refractivity contribution in [2.24, 2.45) is 5.92 Å². The average molecular weight is 648 g/mol. The monoisotopic (exact) mass is 647 g/mol. The zero-order valence-electron chi connectivity index (χ0n) is 24.9. The number of sulfonamides is 1. The number of pyridine rings is 1. The van der Waals surface area contributed by atoms with E-state index in [4.69, 9.17) is 9.72 Å². The summed E-state index contributed by atoms with van der Waals surface area (Å²) in [5.41, 5.74) is 1.87. The van der Waals surface area contributed by atoms with E-state index in [2.05, 4.69) is 5.32 Å². The Balaban J connectivity index is 1.19. The number of piperidine rings is 1. The van der Waals surface area contributed by atoms with Crippen LogP contribution in [0.1, 0.15) is 60.3 Å². The Kier molecular flexibility index (Phi) is 9.48. The number of hydrogen-bond acceptors (Lipinski definition) is 7. The van der Waals surface area contributed by atoms with Gasteiger partial charge in [-0.15, -0.1) is 0 Å². The fraction of sp³-hybridized carbons (Fsp3) is 0.382. The van der Waals surface area contributed by atoms with Crippen molar-refractivity contribution in [2.75, 3.05) is 13.1 Å². The first-order chi connectivity index (χ1) is 21.8. The van der Waals surface area contributed by atoms with E-state index in [9.17, 15) is 23.1 Å². The zero-order valence-corrected chi connectivity index (χ0v) is 26.6. The van der Waals surface area contributed by atoms with Crippen LogP contribution >= 0.6 is 11.3 Å². The highest BCUT2D eigenvalue weighted by Crippen LogP contribution is 2.32. The SMILES string of the molecule is O=C(N[C@H](Cc1ccsc1)C(=O)O)c1cc2ccc(OC3CCN(S(=O)(=O)c4ccccc4)CC3)cc2c(CC2CCCC2)n1. The topological polar surface area (TPSA) is 126 Å². The summed E-state index contributed by atoms with van der Waals surface area (Å²) in [5.74, 6) is -0.443. The van der Waals surface area contributed by atoms with Crippen molar-refractivity contribution < 1.29 is 27.9 Å². The van der Waals surface area contributed by atoms with Gasteiger partial charge in [-0.25, -0.2) is 18.2 Å². The minimum atomic E-state index is -3.54. The number of thiophene rings is 1. The summed E-state index contributed by atoms with van der Waals surface area (Å²) >= 11 is 1.48. The average Bonchev–Trinajstić information content (AvgIpc) is 3.76. The number of carboxylic acid groups (broad SMARTS) is 1. The van der Waals surface area contributed by atoms with E-state index in [1.807, 2.05) is 35.0 Å². The summed E-state index contributed by atoms with van der Waals surface area (Å²) in [6.07, 6.45) is 6.54. The molecule has 2 aliphatic rings. The molecule has 0 radical (unpaired) electrons. The molecule has 1 atom stereocenters. The molecule has 6 rings (SSSR count). The van der Waals surface area contributed by atoms with Crippen LogP contribution in [0.3, 0.4) is 0 Å². The number of carboxylic acids is 1. The lowest BCUT2D eigenvalue weighted by Gasteiger charge is -2.31. The third kappa shape index (κ3) is 7.37. The number of aliphatic carboxylic acids is 1. The smallest absolute Gasteiger partial charge is 0.326 e. The quantitative estimate of drug-likeness (QED) is 0.214. The van der Waals surface area contributed by atoms with E-state index in [0.717, 1.165) is 41.3 Å². The molecule has 3 heterocycles. The number of ether oxygens (including phenoxy) is 1. The van der Waals surface area contributed by atoms with E-state index >= 15 is 0 Å². The van der Waals surface area contributed by atoms with E-state index < -0.39 is 27.9 Å². The maximum absolute atomic E-state index is 13.3. The standard InChI is InChI=1S/C34H37N3O6S2/c38-33(36-32(34(39)40)19-24-14-17-44-22-24)31-20-25-10-11-27(21-29(25)30(35-31)18-23-6-4-5-7-23)43-26-12-15-37(16-13-26)45(41,42)28-8-2-1-3-9-28/h1-3,8-11,14,17,20-23,26,32H,4-7,12-13,15-16,18-19H2,(H,36,38)(H,39,40)/t32-/m1/s1. The fourth-order valence-electron chi connectivity index (χ4n) is 6.33. The van der Waals surface area contributed by atoms with Crippen molar-refractivity contribution in [3.8, 4) is 5.75 Å². The first-order valence-corrected chi connectivity index (χ1v) is 17.8. The molecule has 2 fully saturated rings. The van der Waals surface area contributed by atoms with Crippen LogP contribution in [0.25, 0.3) is 10.8 Å². The second kappa shape index (κ2) is 13.7. The molecule has 1 amide bonds. The Morgan fingerprint density at radius 3 is 2.47 bits per heavy atom. The maximum Gasteiger partial charge on any atom is 0.326 e. The van der Waals surface area contributed by atoms with Crippen LogP contribution in [0.4, 0.5) is 0 Å². The maximum atomic E-state index is 13.3. The van der Waals surface area contributed by atoms with Crippen LogP contribution in [0.5, 0.6) is 5.75 Å². The number of carbonyl (C=O) groups is 2. The highest BCUT2D eigenvalue weighted by molar-refractivity contribution is 7.89. The molecule has 1 aliphatic carbocycles. The molecule has 4 aromatic rings. The molecule has 0 unspecified atom stereocenters. The molecule has 9 nitrogen and oxygen atoms in total. The second-order valence-corrected chi connectivity index (χ2v) is 14.6. The molecule has 0 bridgehead atoms. The molecule has 2 aromatic heterocycles. The minimum absolute atomic E-state index is 0.128. The van der Waals surface area contributed by atoms with Crippen molar-refractivity contribution in [1.29, 1.82) is 0 Å². The first-order valence-electron chi connectivity index (χ1n) is 15.5. The van der Waals surface area contributed by atoms with E-state index in [-0.39, 0.29) is 18.2 Å². The van der Waals surface area contributed by atoms with Gasteiger partial charge >= 0.3 is 5.97 Å². The van der Waals surface area contributed by atoms with Crippen LogP contribution in [0.2, 0.25) is 0 Å².